The van der Waals surface area contributed by atoms with Gasteiger partial charge in [-0.3, -0.25) is 4.79 Å². The highest BCUT2D eigenvalue weighted by atomic mass is 16.6. The van der Waals surface area contributed by atoms with Gasteiger partial charge in [-0.2, -0.15) is 5.10 Å². The van der Waals surface area contributed by atoms with Gasteiger partial charge in [-0.25, -0.2) is 14.3 Å². The Morgan fingerprint density at radius 3 is 2.67 bits per heavy atom. The van der Waals surface area contributed by atoms with Crippen molar-refractivity contribution in [3.63, 3.8) is 0 Å². The average Bonchev–Trinajstić information content (AvgIpc) is 2.87. The van der Waals surface area contributed by atoms with Crippen LogP contribution in [-0.2, 0) is 20.8 Å². The van der Waals surface area contributed by atoms with Gasteiger partial charge in [-0.05, 0) is 19.4 Å². The Morgan fingerprint density at radius 2 is 2.04 bits per heavy atom. The Morgan fingerprint density at radius 1 is 1.33 bits per heavy atom. The molecule has 0 amide bonds. The van der Waals surface area contributed by atoms with Crippen LogP contribution in [-0.4, -0.2) is 33.9 Å². The Hall–Kier alpha value is -2.70. The van der Waals surface area contributed by atoms with Crippen LogP contribution in [0.2, 0.25) is 0 Å². The number of fused-ring (bicyclic) bond motifs is 1. The van der Waals surface area contributed by atoms with E-state index in [1.165, 1.54) is 4.68 Å². The summed E-state index contributed by atoms with van der Waals surface area (Å²) in [5.41, 5.74) is -0.219. The quantitative estimate of drug-likeness (QED) is 0.793. The van der Waals surface area contributed by atoms with Crippen molar-refractivity contribution >= 4 is 22.7 Å². The fourth-order valence-electron chi connectivity index (χ4n) is 2.75. The lowest BCUT2D eigenvalue weighted by molar-refractivity contribution is -0.147. The Kier molecular flexibility index (Phi) is 4.33. The van der Waals surface area contributed by atoms with E-state index in [-0.39, 0.29) is 17.4 Å². The third-order valence-corrected chi connectivity index (χ3v) is 3.87. The lowest BCUT2D eigenvalue weighted by Gasteiger charge is -2.12. The number of benzene rings is 1. The van der Waals surface area contributed by atoms with Gasteiger partial charge in [0, 0.05) is 18.4 Å². The number of nitrogens with zero attached hydrogens (tertiary/aromatic N) is 2. The lowest BCUT2D eigenvalue weighted by atomic mass is 10.1. The minimum absolute atomic E-state index is 0.0333. The minimum atomic E-state index is -0.931. The van der Waals surface area contributed by atoms with E-state index in [2.05, 4.69) is 5.10 Å². The summed E-state index contributed by atoms with van der Waals surface area (Å²) in [5, 5.41) is 4.97. The predicted octanol–water partition coefficient (Wildman–Crippen LogP) is 1.67. The molecule has 0 spiro atoms. The molecule has 3 rings (SSSR count). The second-order valence-electron chi connectivity index (χ2n) is 5.80. The molecule has 7 nitrogen and oxygen atoms in total. The number of ether oxygens (including phenoxy) is 2. The Labute approximate surface area is 138 Å². The maximum Gasteiger partial charge on any atom is 0.360 e. The van der Waals surface area contributed by atoms with E-state index >= 15 is 0 Å². The molecule has 1 aromatic heterocycles. The van der Waals surface area contributed by atoms with Crippen LogP contribution < -0.4 is 5.56 Å². The van der Waals surface area contributed by atoms with Crippen LogP contribution in [0.1, 0.15) is 37.2 Å². The zero-order chi connectivity index (χ0) is 17.3. The molecule has 1 saturated heterocycles. The third-order valence-electron chi connectivity index (χ3n) is 3.87. The highest BCUT2D eigenvalue weighted by Gasteiger charge is 2.36. The molecule has 1 aliphatic heterocycles. The van der Waals surface area contributed by atoms with Crippen molar-refractivity contribution < 1.29 is 19.1 Å². The number of rotatable bonds is 4. The summed E-state index contributed by atoms with van der Waals surface area (Å²) in [4.78, 5) is 36.6. The molecule has 0 radical (unpaired) electrons. The molecule has 0 bridgehead atoms. The highest BCUT2D eigenvalue weighted by molar-refractivity contribution is 6.02. The van der Waals surface area contributed by atoms with Crippen molar-refractivity contribution in [2.45, 2.75) is 45.4 Å². The van der Waals surface area contributed by atoms with Gasteiger partial charge in [0.2, 0.25) is 6.10 Å². The van der Waals surface area contributed by atoms with Crippen LogP contribution in [0.4, 0.5) is 0 Å². The van der Waals surface area contributed by atoms with Crippen molar-refractivity contribution in [3.8, 4) is 0 Å². The van der Waals surface area contributed by atoms with E-state index in [0.717, 1.165) is 0 Å². The van der Waals surface area contributed by atoms with Gasteiger partial charge in [0.25, 0.3) is 5.56 Å². The highest BCUT2D eigenvalue weighted by Crippen LogP contribution is 2.20. The van der Waals surface area contributed by atoms with Crippen LogP contribution in [0.5, 0.6) is 0 Å². The minimum Gasteiger partial charge on any atom is -0.460 e. The zero-order valence-electron chi connectivity index (χ0n) is 13.5. The van der Waals surface area contributed by atoms with Crippen LogP contribution in [0.3, 0.4) is 0 Å². The summed E-state index contributed by atoms with van der Waals surface area (Å²) in [6.07, 6.45) is -0.197. The molecule has 1 aromatic carbocycles. The smallest absolute Gasteiger partial charge is 0.360 e. The van der Waals surface area contributed by atoms with E-state index in [4.69, 9.17) is 9.47 Å². The SMILES string of the molecule is CCCn1nc(C(=O)O[C@@H]2C[C@H](C)OC2=O)c2ccccc2c1=O. The Bertz CT molecular complexity index is 858. The number of aromatic nitrogens is 2. The number of carbonyl (C=O) groups excluding carboxylic acids is 2. The fourth-order valence-corrected chi connectivity index (χ4v) is 2.75. The lowest BCUT2D eigenvalue weighted by Crippen LogP contribution is -2.28. The topological polar surface area (TPSA) is 87.5 Å². The third kappa shape index (κ3) is 2.89. The molecule has 1 fully saturated rings. The first-order chi connectivity index (χ1) is 11.5. The van der Waals surface area contributed by atoms with E-state index in [1.54, 1.807) is 31.2 Å². The number of carbonyl (C=O) groups is 2. The number of hydrogen-bond donors (Lipinski definition) is 0. The van der Waals surface area contributed by atoms with Crippen LogP contribution in [0.15, 0.2) is 29.1 Å². The molecule has 1 aliphatic rings. The summed E-state index contributed by atoms with van der Waals surface area (Å²) in [7, 11) is 0. The second kappa shape index (κ2) is 6.43. The number of aryl methyl sites for hydroxylation is 1. The van der Waals surface area contributed by atoms with Crippen LogP contribution >= 0.6 is 0 Å². The molecule has 2 heterocycles. The normalized spacial score (nSPS) is 20.2. The van der Waals surface area contributed by atoms with Crippen LogP contribution in [0.25, 0.3) is 10.8 Å². The van der Waals surface area contributed by atoms with E-state index < -0.39 is 18.0 Å². The van der Waals surface area contributed by atoms with Crippen molar-refractivity contribution in [3.05, 3.63) is 40.3 Å². The number of esters is 2. The van der Waals surface area contributed by atoms with E-state index in [9.17, 15) is 14.4 Å². The summed E-state index contributed by atoms with van der Waals surface area (Å²) in [5.74, 6) is -1.28. The molecule has 0 aliphatic carbocycles. The van der Waals surface area contributed by atoms with E-state index in [0.29, 0.717) is 30.2 Å². The fraction of sp³-hybridized carbons (Fsp3) is 0.412. The van der Waals surface area contributed by atoms with Crippen molar-refractivity contribution in [2.24, 2.45) is 0 Å². The molecule has 24 heavy (non-hydrogen) atoms. The van der Waals surface area contributed by atoms with Crippen molar-refractivity contribution in [1.29, 1.82) is 0 Å². The molecular formula is C17H18N2O5. The van der Waals surface area contributed by atoms with Crippen LogP contribution in [0, 0.1) is 0 Å². The molecule has 2 aromatic rings. The zero-order valence-corrected chi connectivity index (χ0v) is 13.5. The number of cyclic esters (lactones) is 1. The van der Waals surface area contributed by atoms with E-state index in [1.807, 2.05) is 6.92 Å². The average molecular weight is 330 g/mol. The first kappa shape index (κ1) is 16.2. The largest absolute Gasteiger partial charge is 0.460 e. The predicted molar refractivity (Wildman–Crippen MR) is 85.7 cm³/mol. The van der Waals surface area contributed by atoms with Gasteiger partial charge < -0.3 is 9.47 Å². The maximum atomic E-state index is 12.5. The molecule has 7 heteroatoms. The first-order valence-corrected chi connectivity index (χ1v) is 7.92. The Balaban J connectivity index is 2.01. The summed E-state index contributed by atoms with van der Waals surface area (Å²) in [6, 6.07) is 6.74. The first-order valence-electron chi connectivity index (χ1n) is 7.92. The molecular weight excluding hydrogens is 312 g/mol. The summed E-state index contributed by atoms with van der Waals surface area (Å²) >= 11 is 0. The van der Waals surface area contributed by atoms with Gasteiger partial charge in [0.15, 0.2) is 5.69 Å². The van der Waals surface area contributed by atoms with Gasteiger partial charge >= 0.3 is 11.9 Å². The standard InChI is InChI=1S/C17H18N2O5/c1-3-8-19-15(20)12-7-5-4-6-11(12)14(18-19)17(22)24-13-9-10(2)23-16(13)21/h4-7,10,13H,3,8-9H2,1-2H3/t10-,13+/m0/s1. The van der Waals surface area contributed by atoms with Gasteiger partial charge in [-0.1, -0.05) is 25.1 Å². The molecule has 0 N–H and O–H groups in total. The molecule has 0 unspecified atom stereocenters. The maximum absolute atomic E-state index is 12.5. The molecule has 126 valence electrons. The second-order valence-corrected chi connectivity index (χ2v) is 5.80. The monoisotopic (exact) mass is 330 g/mol. The van der Waals surface area contributed by atoms with Crippen molar-refractivity contribution in [2.75, 3.05) is 0 Å². The van der Waals surface area contributed by atoms with Gasteiger partial charge in [-0.15, -0.1) is 0 Å². The van der Waals surface area contributed by atoms with Crippen molar-refractivity contribution in [1.82, 2.24) is 9.78 Å². The summed E-state index contributed by atoms with van der Waals surface area (Å²) in [6.45, 7) is 4.05. The number of hydrogen-bond acceptors (Lipinski definition) is 6. The molecule has 0 saturated carbocycles. The van der Waals surface area contributed by atoms with Gasteiger partial charge in [0.05, 0.1) is 5.39 Å². The van der Waals surface area contributed by atoms with Gasteiger partial charge in [0.1, 0.15) is 6.10 Å². The molecule has 2 atom stereocenters. The summed E-state index contributed by atoms with van der Waals surface area (Å²) < 4.78 is 11.5.